The van der Waals surface area contributed by atoms with Crippen molar-refractivity contribution in [1.29, 1.82) is 0 Å². The molecule has 0 saturated heterocycles. The molecule has 0 spiro atoms. The zero-order chi connectivity index (χ0) is 14.5. The number of carbonyl (C=O) groups is 2. The molecule has 0 bridgehead atoms. The molecule has 7 nitrogen and oxygen atoms in total. The summed E-state index contributed by atoms with van der Waals surface area (Å²) in [4.78, 5) is 22.6. The Bertz CT molecular complexity index is 636. The first-order chi connectivity index (χ1) is 9.54. The highest BCUT2D eigenvalue weighted by atomic mass is 16.5. The number of anilines is 1. The van der Waals surface area contributed by atoms with E-state index in [1.807, 2.05) is 0 Å². The van der Waals surface area contributed by atoms with E-state index in [-0.39, 0.29) is 13.2 Å². The van der Waals surface area contributed by atoms with E-state index in [1.165, 1.54) is 17.1 Å². The number of ether oxygens (including phenoxy) is 1. The first-order valence-corrected chi connectivity index (χ1v) is 5.87. The van der Waals surface area contributed by atoms with Crippen molar-refractivity contribution < 1.29 is 14.3 Å². The molecule has 0 aliphatic carbocycles. The van der Waals surface area contributed by atoms with Crippen molar-refractivity contribution in [2.45, 2.75) is 13.2 Å². The van der Waals surface area contributed by atoms with Crippen molar-refractivity contribution in [2.75, 3.05) is 5.73 Å². The number of benzene rings is 1. The Morgan fingerprint density at radius 1 is 1.35 bits per heavy atom. The number of esters is 1. The molecule has 0 saturated carbocycles. The van der Waals surface area contributed by atoms with Crippen LogP contribution >= 0.6 is 0 Å². The minimum atomic E-state index is -0.523. The number of carbonyl (C=O) groups excluding carboxylic acids is 2. The highest BCUT2D eigenvalue weighted by molar-refractivity contribution is 5.92. The van der Waals surface area contributed by atoms with Crippen LogP contribution in [0.25, 0.3) is 0 Å². The Morgan fingerprint density at radius 2 is 2.15 bits per heavy atom. The van der Waals surface area contributed by atoms with E-state index in [4.69, 9.17) is 16.2 Å². The lowest BCUT2D eigenvalue weighted by Gasteiger charge is -2.06. The zero-order valence-electron chi connectivity index (χ0n) is 10.7. The molecule has 0 fully saturated rings. The van der Waals surface area contributed by atoms with Gasteiger partial charge in [0.15, 0.2) is 0 Å². The molecule has 2 rings (SSSR count). The van der Waals surface area contributed by atoms with Gasteiger partial charge in [0.2, 0.25) is 5.91 Å². The van der Waals surface area contributed by atoms with Gasteiger partial charge >= 0.3 is 5.97 Å². The SMILES string of the molecule is NC(=O)c1cccc(COC(=O)Cn2cc(N)cn2)c1. The molecular weight excluding hydrogens is 260 g/mol. The lowest BCUT2D eigenvalue weighted by Crippen LogP contribution is -2.14. The van der Waals surface area contributed by atoms with Gasteiger partial charge < -0.3 is 16.2 Å². The van der Waals surface area contributed by atoms with Crippen LogP contribution in [-0.2, 0) is 22.7 Å². The molecule has 20 heavy (non-hydrogen) atoms. The summed E-state index contributed by atoms with van der Waals surface area (Å²) >= 11 is 0. The summed E-state index contributed by atoms with van der Waals surface area (Å²) < 4.78 is 6.47. The van der Waals surface area contributed by atoms with Crippen molar-refractivity contribution in [3.05, 3.63) is 47.8 Å². The summed E-state index contributed by atoms with van der Waals surface area (Å²) in [5.41, 5.74) is 12.2. The van der Waals surface area contributed by atoms with Crippen LogP contribution in [0.1, 0.15) is 15.9 Å². The van der Waals surface area contributed by atoms with Gasteiger partial charge in [-0.25, -0.2) is 0 Å². The molecule has 2 aromatic rings. The average molecular weight is 274 g/mol. The Balaban J connectivity index is 1.90. The normalized spacial score (nSPS) is 10.2. The van der Waals surface area contributed by atoms with E-state index in [2.05, 4.69) is 5.10 Å². The Morgan fingerprint density at radius 3 is 2.80 bits per heavy atom. The van der Waals surface area contributed by atoms with Gasteiger partial charge in [-0.1, -0.05) is 12.1 Å². The summed E-state index contributed by atoms with van der Waals surface area (Å²) in [6.07, 6.45) is 2.98. The molecule has 1 aromatic heterocycles. The summed E-state index contributed by atoms with van der Waals surface area (Å²) in [6, 6.07) is 6.60. The van der Waals surface area contributed by atoms with E-state index < -0.39 is 11.9 Å². The molecule has 0 aliphatic heterocycles. The first kappa shape index (κ1) is 13.6. The second-order valence-corrected chi connectivity index (χ2v) is 4.20. The third-order valence-corrected chi connectivity index (χ3v) is 2.56. The molecule has 1 aromatic carbocycles. The van der Waals surface area contributed by atoms with Crippen molar-refractivity contribution in [1.82, 2.24) is 9.78 Å². The molecule has 104 valence electrons. The van der Waals surface area contributed by atoms with Crippen molar-refractivity contribution in [3.8, 4) is 0 Å². The molecule has 4 N–H and O–H groups in total. The van der Waals surface area contributed by atoms with Crippen LogP contribution in [-0.4, -0.2) is 21.7 Å². The Hall–Kier alpha value is -2.83. The van der Waals surface area contributed by atoms with E-state index in [0.29, 0.717) is 16.8 Å². The monoisotopic (exact) mass is 274 g/mol. The molecule has 0 atom stereocenters. The van der Waals surface area contributed by atoms with Crippen LogP contribution < -0.4 is 11.5 Å². The highest BCUT2D eigenvalue weighted by Crippen LogP contribution is 2.07. The maximum absolute atomic E-state index is 11.6. The van der Waals surface area contributed by atoms with Gasteiger partial charge in [-0.3, -0.25) is 14.3 Å². The number of primary amides is 1. The van der Waals surface area contributed by atoms with Crippen LogP contribution in [0.3, 0.4) is 0 Å². The van der Waals surface area contributed by atoms with Crippen LogP contribution in [0.2, 0.25) is 0 Å². The predicted octanol–water partition coefficient (Wildman–Crippen LogP) is 0.308. The smallest absolute Gasteiger partial charge is 0.328 e. The van der Waals surface area contributed by atoms with E-state index in [9.17, 15) is 9.59 Å². The van der Waals surface area contributed by atoms with E-state index >= 15 is 0 Å². The quantitative estimate of drug-likeness (QED) is 0.762. The van der Waals surface area contributed by atoms with Gasteiger partial charge in [0.25, 0.3) is 0 Å². The maximum atomic E-state index is 11.6. The third-order valence-electron chi connectivity index (χ3n) is 2.56. The van der Waals surface area contributed by atoms with Crippen LogP contribution in [0.5, 0.6) is 0 Å². The number of aromatic nitrogens is 2. The largest absolute Gasteiger partial charge is 0.459 e. The van der Waals surface area contributed by atoms with Crippen LogP contribution in [0.4, 0.5) is 5.69 Å². The summed E-state index contributed by atoms with van der Waals surface area (Å²) in [6.45, 7) is 0.0451. The lowest BCUT2D eigenvalue weighted by atomic mass is 10.1. The maximum Gasteiger partial charge on any atom is 0.328 e. The summed E-state index contributed by atoms with van der Waals surface area (Å²) in [7, 11) is 0. The number of nitrogens with zero attached hydrogens (tertiary/aromatic N) is 2. The lowest BCUT2D eigenvalue weighted by molar-refractivity contribution is -0.145. The molecule has 1 amide bonds. The Labute approximate surface area is 115 Å². The van der Waals surface area contributed by atoms with Crippen LogP contribution in [0.15, 0.2) is 36.7 Å². The standard InChI is InChI=1S/C13H14N4O3/c14-11-5-16-17(6-11)7-12(18)20-8-9-2-1-3-10(4-9)13(15)19/h1-6H,7-8,14H2,(H2,15,19). The van der Waals surface area contributed by atoms with Crippen molar-refractivity contribution in [2.24, 2.45) is 5.73 Å². The zero-order valence-corrected chi connectivity index (χ0v) is 10.7. The van der Waals surface area contributed by atoms with Gasteiger partial charge in [0.1, 0.15) is 13.2 Å². The number of hydrogen-bond donors (Lipinski definition) is 2. The number of amides is 1. The number of hydrogen-bond acceptors (Lipinski definition) is 5. The van der Waals surface area contributed by atoms with Gasteiger partial charge in [-0.2, -0.15) is 5.10 Å². The first-order valence-electron chi connectivity index (χ1n) is 5.87. The molecule has 0 unspecified atom stereocenters. The van der Waals surface area contributed by atoms with Crippen molar-refractivity contribution in [3.63, 3.8) is 0 Å². The second-order valence-electron chi connectivity index (χ2n) is 4.20. The summed E-state index contributed by atoms with van der Waals surface area (Å²) in [5, 5.41) is 3.88. The van der Waals surface area contributed by atoms with E-state index in [0.717, 1.165) is 0 Å². The fourth-order valence-electron chi connectivity index (χ4n) is 1.62. The van der Waals surface area contributed by atoms with Gasteiger partial charge in [-0.15, -0.1) is 0 Å². The van der Waals surface area contributed by atoms with Crippen LogP contribution in [0, 0.1) is 0 Å². The highest BCUT2D eigenvalue weighted by Gasteiger charge is 2.07. The van der Waals surface area contributed by atoms with E-state index in [1.54, 1.807) is 24.3 Å². The van der Waals surface area contributed by atoms with Gasteiger partial charge in [0.05, 0.1) is 11.9 Å². The third kappa shape index (κ3) is 3.58. The molecule has 0 aliphatic rings. The number of nitrogen functional groups attached to an aromatic ring is 1. The van der Waals surface area contributed by atoms with Gasteiger partial charge in [-0.05, 0) is 17.7 Å². The fourth-order valence-corrected chi connectivity index (χ4v) is 1.62. The number of rotatable bonds is 5. The average Bonchev–Trinajstić information content (AvgIpc) is 2.82. The van der Waals surface area contributed by atoms with Gasteiger partial charge in [0, 0.05) is 11.8 Å². The fraction of sp³-hybridized carbons (Fsp3) is 0.154. The molecule has 7 heteroatoms. The minimum Gasteiger partial charge on any atom is -0.459 e. The van der Waals surface area contributed by atoms with Crippen molar-refractivity contribution >= 4 is 17.6 Å². The predicted molar refractivity (Wildman–Crippen MR) is 71.4 cm³/mol. The molecular formula is C13H14N4O3. The minimum absolute atomic E-state index is 0.0211. The molecule has 1 heterocycles. The topological polar surface area (TPSA) is 113 Å². The molecule has 0 radical (unpaired) electrons. The second kappa shape index (κ2) is 5.87. The summed E-state index contributed by atoms with van der Waals surface area (Å²) in [5.74, 6) is -0.970. The number of nitrogens with two attached hydrogens (primary N) is 2. The Kier molecular flexibility index (Phi) is 3.99.